The van der Waals surface area contributed by atoms with Crippen molar-refractivity contribution in [2.45, 2.75) is 6.42 Å². The summed E-state index contributed by atoms with van der Waals surface area (Å²) in [7, 11) is 1.67. The lowest BCUT2D eigenvalue weighted by atomic mass is 10.2. The van der Waals surface area contributed by atoms with E-state index in [-0.39, 0.29) is 0 Å². The molecule has 21 heavy (non-hydrogen) atoms. The highest BCUT2D eigenvalue weighted by molar-refractivity contribution is 5.51. The van der Waals surface area contributed by atoms with Gasteiger partial charge in [-0.25, -0.2) is 0 Å². The summed E-state index contributed by atoms with van der Waals surface area (Å²) in [5.74, 6) is 1.75. The Labute approximate surface area is 126 Å². The zero-order valence-corrected chi connectivity index (χ0v) is 12.3. The lowest BCUT2D eigenvalue weighted by molar-refractivity contribution is 0.325. The van der Waals surface area contributed by atoms with Crippen molar-refractivity contribution in [1.29, 1.82) is 0 Å². The van der Waals surface area contributed by atoms with Gasteiger partial charge in [0.15, 0.2) is 0 Å². The van der Waals surface area contributed by atoms with Crippen molar-refractivity contribution < 1.29 is 9.47 Å². The Morgan fingerprint density at radius 2 is 1.71 bits per heavy atom. The number of benzene rings is 2. The third-order valence-corrected chi connectivity index (χ3v) is 3.05. The van der Waals surface area contributed by atoms with E-state index in [1.54, 1.807) is 7.11 Å². The highest BCUT2D eigenvalue weighted by Gasteiger charge is 1.94. The number of ether oxygens (including phenoxy) is 2. The molecule has 2 aromatic carbocycles. The molecule has 2 heteroatoms. The van der Waals surface area contributed by atoms with E-state index in [0.717, 1.165) is 29.0 Å². The van der Waals surface area contributed by atoms with Crippen molar-refractivity contribution in [3.05, 3.63) is 72.3 Å². The van der Waals surface area contributed by atoms with Gasteiger partial charge in [-0.15, -0.1) is 0 Å². The maximum atomic E-state index is 5.71. The second kappa shape index (κ2) is 7.95. The fourth-order valence-corrected chi connectivity index (χ4v) is 1.94. The normalized spacial score (nSPS) is 10.5. The minimum atomic E-state index is 0.654. The molecule has 0 fully saturated rings. The summed E-state index contributed by atoms with van der Waals surface area (Å²) in [4.78, 5) is 0. The van der Waals surface area contributed by atoms with E-state index >= 15 is 0 Å². The molecule has 0 saturated heterocycles. The van der Waals surface area contributed by atoms with Crippen LogP contribution in [-0.2, 0) is 0 Å². The Morgan fingerprint density at radius 1 is 1.00 bits per heavy atom. The van der Waals surface area contributed by atoms with Gasteiger partial charge in [-0.3, -0.25) is 0 Å². The van der Waals surface area contributed by atoms with Crippen molar-refractivity contribution in [2.75, 3.05) is 13.7 Å². The first kappa shape index (κ1) is 14.9. The SMILES string of the molecule is C=Cc1cccc(OCC/C=C/c2cccc(OC)c2)c1. The molecule has 0 radical (unpaired) electrons. The molecule has 0 bridgehead atoms. The van der Waals surface area contributed by atoms with Crippen molar-refractivity contribution in [3.63, 3.8) is 0 Å². The van der Waals surface area contributed by atoms with Crippen LogP contribution in [0.15, 0.2) is 61.2 Å². The molecule has 0 aliphatic heterocycles. The first-order chi connectivity index (χ1) is 10.3. The maximum absolute atomic E-state index is 5.71. The molecule has 108 valence electrons. The molecule has 0 aromatic heterocycles. The van der Waals surface area contributed by atoms with Crippen molar-refractivity contribution >= 4 is 12.2 Å². The summed E-state index contributed by atoms with van der Waals surface area (Å²) < 4.78 is 10.9. The van der Waals surface area contributed by atoms with Gasteiger partial charge >= 0.3 is 0 Å². The van der Waals surface area contributed by atoms with Crippen LogP contribution < -0.4 is 9.47 Å². The molecule has 2 rings (SSSR count). The van der Waals surface area contributed by atoms with Crippen molar-refractivity contribution in [3.8, 4) is 11.5 Å². The van der Waals surface area contributed by atoms with Gasteiger partial charge in [0.05, 0.1) is 13.7 Å². The number of hydrogen-bond donors (Lipinski definition) is 0. The summed E-state index contributed by atoms with van der Waals surface area (Å²) in [5.41, 5.74) is 2.20. The minimum absolute atomic E-state index is 0.654. The van der Waals surface area contributed by atoms with Gasteiger partial charge in [-0.05, 0) is 41.8 Å². The van der Waals surface area contributed by atoms with Crippen LogP contribution in [0.25, 0.3) is 12.2 Å². The van der Waals surface area contributed by atoms with E-state index in [1.807, 2.05) is 54.6 Å². The van der Waals surface area contributed by atoms with Gasteiger partial charge in [-0.2, -0.15) is 0 Å². The van der Waals surface area contributed by atoms with E-state index in [1.165, 1.54) is 0 Å². The topological polar surface area (TPSA) is 18.5 Å². The van der Waals surface area contributed by atoms with Gasteiger partial charge < -0.3 is 9.47 Å². The highest BCUT2D eigenvalue weighted by Crippen LogP contribution is 2.15. The summed E-state index contributed by atoms with van der Waals surface area (Å²) in [6, 6.07) is 15.9. The van der Waals surface area contributed by atoms with Gasteiger partial charge in [0.25, 0.3) is 0 Å². The molecular weight excluding hydrogens is 260 g/mol. The van der Waals surface area contributed by atoms with Crippen LogP contribution in [0, 0.1) is 0 Å². The van der Waals surface area contributed by atoms with E-state index in [0.29, 0.717) is 6.61 Å². The third kappa shape index (κ3) is 4.84. The van der Waals surface area contributed by atoms with E-state index in [2.05, 4.69) is 18.7 Å². The monoisotopic (exact) mass is 280 g/mol. The van der Waals surface area contributed by atoms with Crippen LogP contribution in [0.1, 0.15) is 17.5 Å². The predicted octanol–water partition coefficient (Wildman–Crippen LogP) is 4.82. The molecule has 0 amide bonds. The minimum Gasteiger partial charge on any atom is -0.497 e. The van der Waals surface area contributed by atoms with Crippen LogP contribution >= 0.6 is 0 Å². The second-order valence-corrected chi connectivity index (χ2v) is 4.59. The summed E-state index contributed by atoms with van der Waals surface area (Å²) in [6.45, 7) is 4.41. The highest BCUT2D eigenvalue weighted by atomic mass is 16.5. The molecule has 0 aliphatic carbocycles. The van der Waals surface area contributed by atoms with Gasteiger partial charge in [0.1, 0.15) is 11.5 Å². The second-order valence-electron chi connectivity index (χ2n) is 4.59. The largest absolute Gasteiger partial charge is 0.497 e. The molecule has 0 spiro atoms. The molecular formula is C19H20O2. The van der Waals surface area contributed by atoms with Gasteiger partial charge in [0, 0.05) is 0 Å². The molecule has 0 heterocycles. The number of methoxy groups -OCH3 is 1. The van der Waals surface area contributed by atoms with Gasteiger partial charge in [-0.1, -0.05) is 49.1 Å². The quantitative estimate of drug-likeness (QED) is 0.677. The van der Waals surface area contributed by atoms with E-state index in [9.17, 15) is 0 Å². The number of hydrogen-bond acceptors (Lipinski definition) is 2. The lowest BCUT2D eigenvalue weighted by Crippen LogP contribution is -1.95. The molecule has 2 aromatic rings. The van der Waals surface area contributed by atoms with Crippen LogP contribution in [0.4, 0.5) is 0 Å². The van der Waals surface area contributed by atoms with E-state index < -0.39 is 0 Å². The number of rotatable bonds is 7. The molecule has 0 saturated carbocycles. The van der Waals surface area contributed by atoms with Crippen LogP contribution in [0.2, 0.25) is 0 Å². The molecule has 0 unspecified atom stereocenters. The Hall–Kier alpha value is -2.48. The van der Waals surface area contributed by atoms with Crippen molar-refractivity contribution in [2.24, 2.45) is 0 Å². The summed E-state index contributed by atoms with van der Waals surface area (Å²) in [5, 5.41) is 0. The Kier molecular flexibility index (Phi) is 5.65. The Bertz CT molecular complexity index is 614. The van der Waals surface area contributed by atoms with E-state index in [4.69, 9.17) is 9.47 Å². The Balaban J connectivity index is 1.80. The first-order valence-corrected chi connectivity index (χ1v) is 6.98. The van der Waals surface area contributed by atoms with Crippen LogP contribution in [0.5, 0.6) is 11.5 Å². The fraction of sp³-hybridized carbons (Fsp3) is 0.158. The average Bonchev–Trinajstić information content (AvgIpc) is 2.55. The first-order valence-electron chi connectivity index (χ1n) is 6.98. The molecule has 0 atom stereocenters. The summed E-state index contributed by atoms with van der Waals surface area (Å²) >= 11 is 0. The van der Waals surface area contributed by atoms with Crippen molar-refractivity contribution in [1.82, 2.24) is 0 Å². The third-order valence-electron chi connectivity index (χ3n) is 3.05. The Morgan fingerprint density at radius 3 is 2.48 bits per heavy atom. The maximum Gasteiger partial charge on any atom is 0.119 e. The van der Waals surface area contributed by atoms with Crippen LogP contribution in [-0.4, -0.2) is 13.7 Å². The molecule has 2 nitrogen and oxygen atoms in total. The average molecular weight is 280 g/mol. The standard InChI is InChI=1S/C19H20O2/c1-3-16-9-6-12-19(14-16)21-13-5-4-8-17-10-7-11-18(15-17)20-2/h3-4,6-12,14-15H,1,5,13H2,2H3/b8-4+. The zero-order valence-electron chi connectivity index (χ0n) is 12.3. The molecule has 0 N–H and O–H groups in total. The molecule has 0 aliphatic rings. The van der Waals surface area contributed by atoms with Crippen LogP contribution in [0.3, 0.4) is 0 Å². The van der Waals surface area contributed by atoms with Gasteiger partial charge in [0.2, 0.25) is 0 Å². The fourth-order valence-electron chi connectivity index (χ4n) is 1.94. The summed E-state index contributed by atoms with van der Waals surface area (Å²) in [6.07, 6.45) is 6.85. The smallest absolute Gasteiger partial charge is 0.119 e. The predicted molar refractivity (Wildman–Crippen MR) is 88.7 cm³/mol. The lowest BCUT2D eigenvalue weighted by Gasteiger charge is -2.05. The zero-order chi connectivity index (χ0) is 14.9.